The summed E-state index contributed by atoms with van der Waals surface area (Å²) in [5, 5.41) is 0. The van der Waals surface area contributed by atoms with Crippen LogP contribution in [0.25, 0.3) is 0 Å². The minimum absolute atomic E-state index is 0.406. The maximum Gasteiger partial charge on any atom is 0.0283 e. The maximum absolute atomic E-state index is 5.87. The van der Waals surface area contributed by atoms with Crippen molar-refractivity contribution in [1.29, 1.82) is 0 Å². The zero-order valence-corrected chi connectivity index (χ0v) is 8.19. The zero-order valence-electron chi connectivity index (χ0n) is 7.37. The number of rotatable bonds is 2. The van der Waals surface area contributed by atoms with Gasteiger partial charge in [-0.1, -0.05) is 56.4 Å². The number of hydrogen-bond donors (Lipinski definition) is 0. The predicted molar refractivity (Wildman–Crippen MR) is 56.2 cm³/mol. The summed E-state index contributed by atoms with van der Waals surface area (Å²) in [5.41, 5.74) is 0.636. The molecule has 0 spiro atoms. The lowest BCUT2D eigenvalue weighted by Gasteiger charge is -2.19. The van der Waals surface area contributed by atoms with Crippen molar-refractivity contribution in [1.82, 2.24) is 0 Å². The van der Waals surface area contributed by atoms with E-state index in [1.54, 1.807) is 0 Å². The first kappa shape index (κ1) is 9.40. The molecule has 1 aromatic rings. The van der Waals surface area contributed by atoms with Crippen molar-refractivity contribution in [3.8, 4) is 0 Å². The van der Waals surface area contributed by atoms with Crippen LogP contribution in [0.15, 0.2) is 30.3 Å². The number of benzene rings is 1. The van der Waals surface area contributed by atoms with Gasteiger partial charge in [-0.2, -0.15) is 0 Å². The molecule has 0 N–H and O–H groups in total. The minimum Gasteiger partial charge on any atom is -0.0837 e. The lowest BCUT2D eigenvalue weighted by atomic mass is 9.88. The van der Waals surface area contributed by atoms with Crippen molar-refractivity contribution in [3.05, 3.63) is 42.8 Å². The molecule has 0 atom stereocenters. The van der Waals surface area contributed by atoms with Gasteiger partial charge in [0, 0.05) is 10.3 Å². The first-order valence-corrected chi connectivity index (χ1v) is 4.31. The van der Waals surface area contributed by atoms with Gasteiger partial charge in [0.2, 0.25) is 0 Å². The molecule has 0 saturated carbocycles. The fourth-order valence-corrected chi connectivity index (χ4v) is 1.10. The van der Waals surface area contributed by atoms with Crippen molar-refractivity contribution < 1.29 is 0 Å². The third-order valence-corrected chi connectivity index (χ3v) is 2.38. The highest BCUT2D eigenvalue weighted by Gasteiger charge is 2.18. The second kappa shape index (κ2) is 3.36. The normalized spacial score (nSPS) is 11.2. The Labute approximate surface area is 79.6 Å². The molecule has 0 aliphatic carbocycles. The van der Waals surface area contributed by atoms with Gasteiger partial charge in [0.1, 0.15) is 0 Å². The molecule has 2 radical (unpaired) electrons. The summed E-state index contributed by atoms with van der Waals surface area (Å²) in [7, 11) is 0. The van der Waals surface area contributed by atoms with Gasteiger partial charge in [0.05, 0.1) is 0 Å². The molecule has 1 heteroatoms. The molecule has 0 aliphatic rings. The van der Waals surface area contributed by atoms with Gasteiger partial charge in [-0.25, -0.2) is 0 Å². The Kier molecular flexibility index (Phi) is 2.63. The van der Waals surface area contributed by atoms with E-state index in [4.69, 9.17) is 19.1 Å². The van der Waals surface area contributed by atoms with Crippen LogP contribution in [-0.4, -0.2) is 4.86 Å². The van der Waals surface area contributed by atoms with Crippen LogP contribution in [0.4, 0.5) is 0 Å². The third kappa shape index (κ3) is 2.15. The van der Waals surface area contributed by atoms with Gasteiger partial charge in [-0.05, 0) is 12.5 Å². The Bertz CT molecular complexity index is 267. The fourth-order valence-electron chi connectivity index (χ4n) is 0.962. The van der Waals surface area contributed by atoms with Crippen molar-refractivity contribution in [2.75, 3.05) is 0 Å². The molecule has 1 rings (SSSR count). The molecule has 0 nitrogen and oxygen atoms in total. The Balaban J connectivity index is 2.94. The van der Waals surface area contributed by atoms with Crippen LogP contribution in [0.5, 0.6) is 0 Å². The second-order valence-corrected chi connectivity index (χ2v) is 3.83. The standard InChI is InChI=1S/C11H12S/c1-11(2,3)10(12)9-7-5-4-6-8-9/h1,4-8H,2-3H3. The summed E-state index contributed by atoms with van der Waals surface area (Å²) in [6.45, 7) is 9.71. The van der Waals surface area contributed by atoms with Gasteiger partial charge in [0.15, 0.2) is 0 Å². The molecule has 0 heterocycles. The molecular formula is C11H12S. The monoisotopic (exact) mass is 176 g/mol. The molecule has 0 aromatic heterocycles. The summed E-state index contributed by atoms with van der Waals surface area (Å²) in [4.78, 5) is 0.808. The van der Waals surface area contributed by atoms with E-state index in [1.807, 2.05) is 44.2 Å². The van der Waals surface area contributed by atoms with Crippen LogP contribution in [0.1, 0.15) is 19.4 Å². The van der Waals surface area contributed by atoms with Crippen molar-refractivity contribution in [2.45, 2.75) is 13.8 Å². The highest BCUT2D eigenvalue weighted by Crippen LogP contribution is 2.21. The summed E-state index contributed by atoms with van der Waals surface area (Å²) in [5.74, 6) is 0. The molecule has 0 unspecified atom stereocenters. The molecule has 0 amide bonds. The zero-order chi connectivity index (χ0) is 9.19. The van der Waals surface area contributed by atoms with E-state index in [-0.39, 0.29) is 0 Å². The van der Waals surface area contributed by atoms with E-state index >= 15 is 0 Å². The fraction of sp³-hybridized carbons (Fsp3) is 0.273. The van der Waals surface area contributed by atoms with Crippen molar-refractivity contribution in [2.24, 2.45) is 5.41 Å². The van der Waals surface area contributed by atoms with Crippen LogP contribution in [0.3, 0.4) is 0 Å². The van der Waals surface area contributed by atoms with Gasteiger partial charge < -0.3 is 0 Å². The van der Waals surface area contributed by atoms with Crippen LogP contribution < -0.4 is 0 Å². The Morgan fingerprint density at radius 3 is 2.17 bits per heavy atom. The topological polar surface area (TPSA) is 0 Å². The third-order valence-electron chi connectivity index (χ3n) is 1.62. The predicted octanol–water partition coefficient (Wildman–Crippen LogP) is 3.14. The van der Waals surface area contributed by atoms with Crippen LogP contribution in [0, 0.1) is 12.3 Å². The van der Waals surface area contributed by atoms with Crippen LogP contribution in [-0.2, 0) is 0 Å². The minimum atomic E-state index is -0.406. The molecule has 1 aromatic carbocycles. The van der Waals surface area contributed by atoms with E-state index in [9.17, 15) is 0 Å². The first-order valence-electron chi connectivity index (χ1n) is 3.90. The van der Waals surface area contributed by atoms with E-state index in [0.29, 0.717) is 0 Å². The van der Waals surface area contributed by atoms with E-state index in [1.165, 1.54) is 0 Å². The molecule has 0 aliphatic heterocycles. The molecular weight excluding hydrogens is 164 g/mol. The highest BCUT2D eigenvalue weighted by atomic mass is 32.1. The second-order valence-electron chi connectivity index (χ2n) is 3.42. The maximum atomic E-state index is 5.87. The average molecular weight is 176 g/mol. The van der Waals surface area contributed by atoms with Gasteiger partial charge in [-0.3, -0.25) is 0 Å². The summed E-state index contributed by atoms with van der Waals surface area (Å²) in [6.07, 6.45) is 0. The summed E-state index contributed by atoms with van der Waals surface area (Å²) in [6, 6.07) is 9.87. The molecule has 62 valence electrons. The smallest absolute Gasteiger partial charge is 0.0283 e. The van der Waals surface area contributed by atoms with Crippen molar-refractivity contribution in [3.63, 3.8) is 0 Å². The lowest BCUT2D eigenvalue weighted by molar-refractivity contribution is 0.683. The first-order chi connectivity index (χ1) is 5.52. The molecule has 0 fully saturated rings. The SMILES string of the molecule is [CH]C(C)(C)C(=S)c1ccccc1. The highest BCUT2D eigenvalue weighted by molar-refractivity contribution is 7.81. The van der Waals surface area contributed by atoms with Gasteiger partial charge in [0.25, 0.3) is 0 Å². The average Bonchev–Trinajstić information content (AvgIpc) is 2.03. The molecule has 0 bridgehead atoms. The van der Waals surface area contributed by atoms with Crippen LogP contribution >= 0.6 is 12.2 Å². The number of hydrogen-bond acceptors (Lipinski definition) is 1. The van der Waals surface area contributed by atoms with Crippen molar-refractivity contribution >= 4 is 17.1 Å². The van der Waals surface area contributed by atoms with E-state index in [0.717, 1.165) is 10.4 Å². The van der Waals surface area contributed by atoms with Gasteiger partial charge >= 0.3 is 0 Å². The Morgan fingerprint density at radius 1 is 1.25 bits per heavy atom. The summed E-state index contributed by atoms with van der Waals surface area (Å²) < 4.78 is 0. The quantitative estimate of drug-likeness (QED) is 0.493. The van der Waals surface area contributed by atoms with E-state index < -0.39 is 5.41 Å². The largest absolute Gasteiger partial charge is 0.0837 e. The summed E-state index contributed by atoms with van der Waals surface area (Å²) >= 11 is 5.23. The number of thiocarbonyl (C=S) groups is 1. The van der Waals surface area contributed by atoms with Gasteiger partial charge in [-0.15, -0.1) is 0 Å². The Morgan fingerprint density at radius 2 is 1.75 bits per heavy atom. The van der Waals surface area contributed by atoms with Crippen LogP contribution in [0.2, 0.25) is 0 Å². The molecule has 0 saturated heterocycles. The molecule has 12 heavy (non-hydrogen) atoms. The van der Waals surface area contributed by atoms with E-state index in [2.05, 4.69) is 0 Å². The Hall–Kier alpha value is -0.690. The lowest BCUT2D eigenvalue weighted by Crippen LogP contribution is -2.19.